The third-order valence-electron chi connectivity index (χ3n) is 0.925. The molecule has 3 nitrogen and oxygen atoms in total. The predicted octanol–water partition coefficient (Wildman–Crippen LogP) is 1.05. The molecule has 0 heterocycles. The summed E-state index contributed by atoms with van der Waals surface area (Å²) in [5.74, 6) is 0. The van der Waals surface area contributed by atoms with Crippen LogP contribution in [0, 0.1) is 0 Å². The minimum absolute atomic E-state index is 0.207. The van der Waals surface area contributed by atoms with E-state index < -0.39 is 0 Å². The first-order chi connectivity index (χ1) is 4.66. The summed E-state index contributed by atoms with van der Waals surface area (Å²) < 4.78 is 4.78. The SMILES string of the molecule is CSC(=O)OCCN(C)C. The van der Waals surface area contributed by atoms with Crippen molar-refractivity contribution in [2.24, 2.45) is 0 Å². The Morgan fingerprint density at radius 3 is 2.60 bits per heavy atom. The van der Waals surface area contributed by atoms with E-state index in [1.807, 2.05) is 19.0 Å². The van der Waals surface area contributed by atoms with Gasteiger partial charge in [0.15, 0.2) is 0 Å². The first-order valence-electron chi connectivity index (χ1n) is 3.02. The molecule has 0 atom stereocenters. The molecule has 10 heavy (non-hydrogen) atoms. The van der Waals surface area contributed by atoms with Crippen LogP contribution in [0.1, 0.15) is 0 Å². The van der Waals surface area contributed by atoms with Crippen molar-refractivity contribution >= 4 is 17.1 Å². The van der Waals surface area contributed by atoms with Crippen LogP contribution in [0.15, 0.2) is 0 Å². The van der Waals surface area contributed by atoms with E-state index in [0.717, 1.165) is 18.3 Å². The number of carbonyl (C=O) groups excluding carboxylic acids is 1. The van der Waals surface area contributed by atoms with E-state index in [4.69, 9.17) is 4.74 Å². The van der Waals surface area contributed by atoms with Gasteiger partial charge >= 0.3 is 5.30 Å². The maximum Gasteiger partial charge on any atom is 0.367 e. The van der Waals surface area contributed by atoms with Gasteiger partial charge in [-0.3, -0.25) is 0 Å². The van der Waals surface area contributed by atoms with E-state index in [-0.39, 0.29) is 5.30 Å². The van der Waals surface area contributed by atoms with Crippen molar-refractivity contribution < 1.29 is 9.53 Å². The highest BCUT2D eigenvalue weighted by Crippen LogP contribution is 1.97. The van der Waals surface area contributed by atoms with Crippen molar-refractivity contribution in [1.82, 2.24) is 4.90 Å². The van der Waals surface area contributed by atoms with Gasteiger partial charge in [-0.25, -0.2) is 4.79 Å². The van der Waals surface area contributed by atoms with E-state index in [1.54, 1.807) is 6.26 Å². The molecule has 0 aliphatic heterocycles. The van der Waals surface area contributed by atoms with Crippen LogP contribution in [0.5, 0.6) is 0 Å². The zero-order valence-electron chi connectivity index (χ0n) is 6.59. The van der Waals surface area contributed by atoms with Crippen molar-refractivity contribution in [3.8, 4) is 0 Å². The molecule has 0 aromatic heterocycles. The number of nitrogens with zero attached hydrogens (tertiary/aromatic N) is 1. The molecule has 0 aliphatic rings. The number of thioether (sulfide) groups is 1. The van der Waals surface area contributed by atoms with Crippen molar-refractivity contribution in [3.63, 3.8) is 0 Å². The molecule has 0 spiro atoms. The molecule has 0 aliphatic carbocycles. The highest BCUT2D eigenvalue weighted by Gasteiger charge is 1.97. The summed E-state index contributed by atoms with van der Waals surface area (Å²) in [6, 6.07) is 0. The van der Waals surface area contributed by atoms with E-state index in [2.05, 4.69) is 0 Å². The monoisotopic (exact) mass is 163 g/mol. The number of likely N-dealkylation sites (N-methyl/N-ethyl adjacent to an activating group) is 1. The predicted molar refractivity (Wildman–Crippen MR) is 43.4 cm³/mol. The fourth-order valence-electron chi connectivity index (χ4n) is 0.370. The number of hydrogen-bond donors (Lipinski definition) is 0. The largest absolute Gasteiger partial charge is 0.456 e. The molecular formula is C6H13NO2S. The fraction of sp³-hybridized carbons (Fsp3) is 0.833. The van der Waals surface area contributed by atoms with Crippen LogP contribution in [0.25, 0.3) is 0 Å². The van der Waals surface area contributed by atoms with E-state index in [1.165, 1.54) is 0 Å². The van der Waals surface area contributed by atoms with Crippen molar-refractivity contribution in [1.29, 1.82) is 0 Å². The summed E-state index contributed by atoms with van der Waals surface area (Å²) in [4.78, 5) is 12.5. The summed E-state index contributed by atoms with van der Waals surface area (Å²) in [5.41, 5.74) is 0. The number of hydrogen-bond acceptors (Lipinski definition) is 4. The molecule has 0 N–H and O–H groups in total. The molecule has 0 unspecified atom stereocenters. The zero-order chi connectivity index (χ0) is 7.98. The van der Waals surface area contributed by atoms with Gasteiger partial charge < -0.3 is 9.64 Å². The molecule has 0 aromatic carbocycles. The van der Waals surface area contributed by atoms with Crippen LogP contribution in [-0.4, -0.2) is 43.7 Å². The second-order valence-electron chi connectivity index (χ2n) is 2.11. The molecule has 0 amide bonds. The second-order valence-corrected chi connectivity index (χ2v) is 2.85. The molecular weight excluding hydrogens is 150 g/mol. The van der Waals surface area contributed by atoms with Gasteiger partial charge in [0.1, 0.15) is 6.61 Å². The standard InChI is InChI=1S/C6H13NO2S/c1-7(2)4-5-9-6(8)10-3/h4-5H2,1-3H3. The Bertz CT molecular complexity index is 106. The number of rotatable bonds is 3. The Balaban J connectivity index is 3.12. The minimum atomic E-state index is -0.207. The highest BCUT2D eigenvalue weighted by atomic mass is 32.2. The molecule has 0 bridgehead atoms. The van der Waals surface area contributed by atoms with Crippen molar-refractivity contribution in [3.05, 3.63) is 0 Å². The Morgan fingerprint density at radius 2 is 2.20 bits per heavy atom. The lowest BCUT2D eigenvalue weighted by atomic mass is 10.6. The van der Waals surface area contributed by atoms with Gasteiger partial charge in [0.2, 0.25) is 0 Å². The van der Waals surface area contributed by atoms with E-state index in [0.29, 0.717) is 6.61 Å². The Labute approximate surface area is 65.7 Å². The maximum absolute atomic E-state index is 10.5. The maximum atomic E-state index is 10.5. The summed E-state index contributed by atoms with van der Waals surface area (Å²) >= 11 is 1.10. The van der Waals surface area contributed by atoms with Crippen LogP contribution in [0.3, 0.4) is 0 Å². The lowest BCUT2D eigenvalue weighted by Gasteiger charge is -2.08. The first-order valence-corrected chi connectivity index (χ1v) is 4.24. The van der Waals surface area contributed by atoms with Crippen LogP contribution < -0.4 is 0 Å². The van der Waals surface area contributed by atoms with Gasteiger partial charge in [-0.15, -0.1) is 0 Å². The molecule has 60 valence electrons. The van der Waals surface area contributed by atoms with Gasteiger partial charge in [0.05, 0.1) is 0 Å². The molecule has 4 heteroatoms. The van der Waals surface area contributed by atoms with Gasteiger partial charge in [0, 0.05) is 6.54 Å². The first kappa shape index (κ1) is 9.78. The minimum Gasteiger partial charge on any atom is -0.456 e. The third-order valence-corrected chi connectivity index (χ3v) is 1.38. The third kappa shape index (κ3) is 5.91. The smallest absolute Gasteiger partial charge is 0.367 e. The Kier molecular flexibility index (Phi) is 5.43. The molecule has 0 radical (unpaired) electrons. The van der Waals surface area contributed by atoms with Gasteiger partial charge in [-0.05, 0) is 32.1 Å². The summed E-state index contributed by atoms with van der Waals surface area (Å²) in [5, 5.41) is -0.207. The van der Waals surface area contributed by atoms with Crippen LogP contribution in [0.2, 0.25) is 0 Å². The zero-order valence-corrected chi connectivity index (χ0v) is 7.40. The van der Waals surface area contributed by atoms with Crippen molar-refractivity contribution in [2.75, 3.05) is 33.5 Å². The Morgan fingerprint density at radius 1 is 1.60 bits per heavy atom. The summed E-state index contributed by atoms with van der Waals surface area (Å²) in [6.07, 6.45) is 1.71. The van der Waals surface area contributed by atoms with E-state index >= 15 is 0 Å². The molecule has 0 aromatic rings. The summed E-state index contributed by atoms with van der Waals surface area (Å²) in [6.45, 7) is 1.26. The Hall–Kier alpha value is -0.220. The fourth-order valence-corrected chi connectivity index (χ4v) is 0.572. The summed E-state index contributed by atoms with van der Waals surface area (Å²) in [7, 11) is 3.87. The van der Waals surface area contributed by atoms with Gasteiger partial charge in [0.25, 0.3) is 0 Å². The molecule has 0 saturated heterocycles. The quantitative estimate of drug-likeness (QED) is 0.582. The molecule has 0 fully saturated rings. The van der Waals surface area contributed by atoms with Gasteiger partial charge in [-0.2, -0.15) is 0 Å². The van der Waals surface area contributed by atoms with Crippen LogP contribution >= 0.6 is 11.8 Å². The molecule has 0 rings (SSSR count). The molecule has 0 saturated carbocycles. The number of ether oxygens (including phenoxy) is 1. The van der Waals surface area contributed by atoms with Gasteiger partial charge in [-0.1, -0.05) is 0 Å². The normalized spacial score (nSPS) is 10.0. The topological polar surface area (TPSA) is 29.5 Å². The average molecular weight is 163 g/mol. The van der Waals surface area contributed by atoms with Crippen LogP contribution in [-0.2, 0) is 4.74 Å². The second kappa shape index (κ2) is 5.56. The van der Waals surface area contributed by atoms with Crippen molar-refractivity contribution in [2.45, 2.75) is 0 Å². The lowest BCUT2D eigenvalue weighted by molar-refractivity contribution is 0.163. The van der Waals surface area contributed by atoms with E-state index in [9.17, 15) is 4.79 Å². The lowest BCUT2D eigenvalue weighted by Crippen LogP contribution is -2.18. The van der Waals surface area contributed by atoms with Crippen LogP contribution in [0.4, 0.5) is 4.79 Å². The number of carbonyl (C=O) groups is 1. The average Bonchev–Trinajstić information content (AvgIpc) is 1.87. The highest BCUT2D eigenvalue weighted by molar-refractivity contribution is 8.12.